The molecule has 8 heteroatoms. The molecule has 0 aromatic heterocycles. The first-order valence-corrected chi connectivity index (χ1v) is 12.8. The van der Waals surface area contributed by atoms with Crippen LogP contribution in [0.25, 0.3) is 11.1 Å². The molecule has 0 saturated carbocycles. The molecule has 0 heterocycles. The van der Waals surface area contributed by atoms with Gasteiger partial charge in [-0.3, -0.25) is 0 Å². The molecule has 8 nitrogen and oxygen atoms in total. The Hall–Kier alpha value is -5.50. The number of ether oxygens (including phenoxy) is 2. The Labute approximate surface area is 244 Å². The van der Waals surface area contributed by atoms with Crippen LogP contribution in [0, 0.1) is 0 Å². The van der Waals surface area contributed by atoms with Crippen LogP contribution >= 0.6 is 0 Å². The summed E-state index contributed by atoms with van der Waals surface area (Å²) >= 11 is 0. The van der Waals surface area contributed by atoms with Crippen LogP contribution in [0.4, 0.5) is 0 Å². The van der Waals surface area contributed by atoms with Gasteiger partial charge in [0.1, 0.15) is 13.2 Å². The van der Waals surface area contributed by atoms with Crippen molar-refractivity contribution in [1.29, 1.82) is 0 Å². The highest BCUT2D eigenvalue weighted by molar-refractivity contribution is 6.04. The maximum absolute atomic E-state index is 11.9. The first-order chi connectivity index (χ1) is 20.2. The number of benzene rings is 3. The number of carbonyl (C=O) groups is 4. The smallest absolute Gasteiger partial charge is 0.339 e. The van der Waals surface area contributed by atoms with E-state index in [1.807, 2.05) is 6.07 Å². The van der Waals surface area contributed by atoms with Crippen molar-refractivity contribution in [3.8, 4) is 11.1 Å². The third-order valence-electron chi connectivity index (χ3n) is 5.82. The second kappa shape index (κ2) is 16.6. The largest absolute Gasteiger partial charge is 0.478 e. The second-order valence-electron chi connectivity index (χ2n) is 8.59. The summed E-state index contributed by atoms with van der Waals surface area (Å²) in [6.45, 7) is 14.5. The number of carboxylic acids is 2. The van der Waals surface area contributed by atoms with Crippen LogP contribution in [0.1, 0.15) is 52.6 Å². The number of rotatable bonds is 13. The zero-order valence-corrected chi connectivity index (χ0v) is 23.1. The highest BCUT2D eigenvalue weighted by Crippen LogP contribution is 2.32. The standard InChI is InChI=1S/C20H18O4.C14H14O4/c1-3-7-13-11-12-16(18(20(23)24)14(13)8-4-2)15-9-5-6-10-17(15)19(21)22;1-3-9-17-13(15)11-7-5-6-8-12(11)14(16)18-10-4-2/h3-6,9-12H,1-2,7-8H2,(H,21,22)(H,23,24);3-8H,1-2,9-10H2. The molecule has 0 fully saturated rings. The van der Waals surface area contributed by atoms with Gasteiger partial charge < -0.3 is 19.7 Å². The maximum Gasteiger partial charge on any atom is 0.339 e. The highest BCUT2D eigenvalue weighted by atomic mass is 16.5. The molecule has 2 N–H and O–H groups in total. The van der Waals surface area contributed by atoms with Crippen LogP contribution in [-0.4, -0.2) is 47.3 Å². The quantitative estimate of drug-likeness (QED) is 0.175. The lowest BCUT2D eigenvalue weighted by Gasteiger charge is -2.16. The lowest BCUT2D eigenvalue weighted by Crippen LogP contribution is -2.14. The van der Waals surface area contributed by atoms with Crippen molar-refractivity contribution < 1.29 is 38.9 Å². The van der Waals surface area contributed by atoms with Crippen molar-refractivity contribution >= 4 is 23.9 Å². The van der Waals surface area contributed by atoms with Crippen molar-refractivity contribution in [1.82, 2.24) is 0 Å². The summed E-state index contributed by atoms with van der Waals surface area (Å²) in [6.07, 6.45) is 7.17. The average Bonchev–Trinajstić information content (AvgIpc) is 2.99. The zero-order chi connectivity index (χ0) is 31.1. The molecule has 3 aromatic carbocycles. The van der Waals surface area contributed by atoms with Crippen LogP contribution in [-0.2, 0) is 22.3 Å². The summed E-state index contributed by atoms with van der Waals surface area (Å²) in [7, 11) is 0. The van der Waals surface area contributed by atoms with Gasteiger partial charge in [0.25, 0.3) is 0 Å². The third-order valence-corrected chi connectivity index (χ3v) is 5.82. The number of hydrogen-bond acceptors (Lipinski definition) is 6. The molecule has 0 bridgehead atoms. The van der Waals surface area contributed by atoms with Crippen LogP contribution in [0.5, 0.6) is 0 Å². The second-order valence-corrected chi connectivity index (χ2v) is 8.59. The number of esters is 2. The van der Waals surface area contributed by atoms with Crippen molar-refractivity contribution in [2.75, 3.05) is 13.2 Å². The molecule has 0 amide bonds. The molecular weight excluding hydrogens is 536 g/mol. The highest BCUT2D eigenvalue weighted by Gasteiger charge is 2.22. The van der Waals surface area contributed by atoms with Gasteiger partial charge in [-0.2, -0.15) is 0 Å². The van der Waals surface area contributed by atoms with Crippen molar-refractivity contribution in [3.05, 3.63) is 145 Å². The first-order valence-electron chi connectivity index (χ1n) is 12.8. The average molecular weight is 569 g/mol. The number of hydrogen-bond donors (Lipinski definition) is 2. The van der Waals surface area contributed by atoms with E-state index in [0.717, 1.165) is 5.56 Å². The molecule has 0 unspecified atom stereocenters. The fourth-order valence-corrected chi connectivity index (χ4v) is 4.05. The Balaban J connectivity index is 0.000000307. The van der Waals surface area contributed by atoms with Gasteiger partial charge in [-0.15, -0.1) is 13.2 Å². The Bertz CT molecular complexity index is 1460. The zero-order valence-electron chi connectivity index (χ0n) is 23.1. The summed E-state index contributed by atoms with van der Waals surface area (Å²) in [5.74, 6) is -3.35. The maximum atomic E-state index is 11.9. The van der Waals surface area contributed by atoms with E-state index in [-0.39, 0.29) is 35.5 Å². The van der Waals surface area contributed by atoms with E-state index >= 15 is 0 Å². The topological polar surface area (TPSA) is 127 Å². The Morgan fingerprint density at radius 3 is 1.55 bits per heavy atom. The summed E-state index contributed by atoms with van der Waals surface area (Å²) in [5, 5.41) is 19.1. The number of aromatic carboxylic acids is 2. The normalized spacial score (nSPS) is 9.81. The minimum absolute atomic E-state index is 0.0704. The van der Waals surface area contributed by atoms with E-state index in [2.05, 4.69) is 26.3 Å². The lowest BCUT2D eigenvalue weighted by molar-refractivity contribution is 0.0503. The van der Waals surface area contributed by atoms with Gasteiger partial charge in [-0.05, 0) is 53.3 Å². The lowest BCUT2D eigenvalue weighted by atomic mass is 9.87. The van der Waals surface area contributed by atoms with Gasteiger partial charge in [-0.25, -0.2) is 19.2 Å². The van der Waals surface area contributed by atoms with E-state index in [1.54, 1.807) is 48.6 Å². The number of carbonyl (C=O) groups excluding carboxylic acids is 2. The third kappa shape index (κ3) is 8.50. The predicted molar refractivity (Wildman–Crippen MR) is 161 cm³/mol. The molecule has 42 heavy (non-hydrogen) atoms. The summed E-state index contributed by atoms with van der Waals surface area (Å²) < 4.78 is 9.78. The fourth-order valence-electron chi connectivity index (χ4n) is 4.05. The minimum Gasteiger partial charge on any atom is -0.478 e. The molecule has 0 radical (unpaired) electrons. The van der Waals surface area contributed by atoms with E-state index in [1.165, 1.54) is 30.4 Å². The Kier molecular flexibility index (Phi) is 12.9. The molecular formula is C34H32O8. The molecule has 0 atom stereocenters. The van der Waals surface area contributed by atoms with Gasteiger partial charge in [0.05, 0.1) is 22.3 Å². The van der Waals surface area contributed by atoms with Gasteiger partial charge in [-0.1, -0.05) is 79.9 Å². The van der Waals surface area contributed by atoms with E-state index < -0.39 is 23.9 Å². The molecule has 3 aromatic rings. The molecule has 0 spiro atoms. The minimum atomic E-state index is -1.10. The van der Waals surface area contributed by atoms with Crippen LogP contribution in [0.15, 0.2) is 111 Å². The van der Waals surface area contributed by atoms with E-state index in [0.29, 0.717) is 29.5 Å². The van der Waals surface area contributed by atoms with Gasteiger partial charge in [0.2, 0.25) is 0 Å². The van der Waals surface area contributed by atoms with Crippen molar-refractivity contribution in [2.45, 2.75) is 12.8 Å². The molecule has 0 aliphatic rings. The summed E-state index contributed by atoms with van der Waals surface area (Å²) in [5.41, 5.74) is 2.79. The van der Waals surface area contributed by atoms with Gasteiger partial charge in [0, 0.05) is 0 Å². The molecule has 0 aliphatic heterocycles. The van der Waals surface area contributed by atoms with E-state index in [9.17, 15) is 29.4 Å². The Morgan fingerprint density at radius 1 is 0.595 bits per heavy atom. The molecule has 3 rings (SSSR count). The van der Waals surface area contributed by atoms with Crippen LogP contribution in [0.2, 0.25) is 0 Å². The predicted octanol–water partition coefficient (Wildman–Crippen LogP) is 6.58. The molecule has 0 saturated heterocycles. The van der Waals surface area contributed by atoms with Crippen LogP contribution in [0.3, 0.4) is 0 Å². The van der Waals surface area contributed by atoms with Gasteiger partial charge in [0.15, 0.2) is 0 Å². The molecule has 0 aliphatic carbocycles. The Morgan fingerprint density at radius 2 is 1.10 bits per heavy atom. The SMILES string of the molecule is C=CCOC(=O)c1ccccc1C(=O)OCC=C.C=CCc1ccc(-c2ccccc2C(=O)O)c(C(=O)O)c1CC=C. The summed E-state index contributed by atoms with van der Waals surface area (Å²) in [6, 6.07) is 16.2. The first kappa shape index (κ1) is 32.7. The number of carboxylic acid groups (broad SMARTS) is 2. The summed E-state index contributed by atoms with van der Waals surface area (Å²) in [4.78, 5) is 46.8. The van der Waals surface area contributed by atoms with Crippen molar-refractivity contribution in [2.24, 2.45) is 0 Å². The number of allylic oxidation sites excluding steroid dienone is 2. The van der Waals surface area contributed by atoms with E-state index in [4.69, 9.17) is 9.47 Å². The van der Waals surface area contributed by atoms with Crippen LogP contribution < -0.4 is 0 Å². The molecule has 216 valence electrons. The van der Waals surface area contributed by atoms with Crippen molar-refractivity contribution in [3.63, 3.8) is 0 Å². The fraction of sp³-hybridized carbons (Fsp3) is 0.118. The van der Waals surface area contributed by atoms with Gasteiger partial charge >= 0.3 is 23.9 Å². The monoisotopic (exact) mass is 568 g/mol.